The molecule has 4 heterocycles. The fourth-order valence-corrected chi connectivity index (χ4v) is 16.9. The molecule has 0 fully saturated rings. The fraction of sp³-hybridized carbons (Fsp3) is 0. The number of nitrogens with zero attached hydrogens (tertiary/aromatic N) is 2. The zero-order valence-electron chi connectivity index (χ0n) is 32.7. The van der Waals surface area contributed by atoms with Crippen molar-refractivity contribution in [1.82, 2.24) is 4.57 Å². The molecule has 10 aromatic rings. The Bertz CT molecular complexity index is 3600. The van der Waals surface area contributed by atoms with E-state index in [1.54, 1.807) is 12.1 Å². The number of fused-ring (bicyclic) bond motifs is 11. The van der Waals surface area contributed by atoms with E-state index in [-0.39, 0.29) is 0 Å². The topological polar surface area (TPSA) is 42.3 Å². The third-order valence-corrected chi connectivity index (χ3v) is 19.2. The molecule has 1 aromatic heterocycles. The second-order valence-electron chi connectivity index (χ2n) is 16.0. The van der Waals surface area contributed by atoms with Gasteiger partial charge in [0, 0.05) is 43.1 Å². The molecule has 0 aliphatic carbocycles. The minimum absolute atomic E-state index is 0.384. The van der Waals surface area contributed by atoms with E-state index in [4.69, 9.17) is 0 Å². The number of anilines is 3. The summed E-state index contributed by atoms with van der Waals surface area (Å²) < 4.78 is 30.5. The van der Waals surface area contributed by atoms with E-state index in [1.165, 1.54) is 75.3 Å². The zero-order valence-corrected chi connectivity index (χ0v) is 35.4. The predicted molar refractivity (Wildman–Crippen MR) is 254 cm³/mol. The van der Waals surface area contributed by atoms with Crippen molar-refractivity contribution in [3.8, 4) is 39.1 Å². The van der Waals surface area contributed by atoms with Crippen molar-refractivity contribution >= 4 is 84.8 Å². The molecule has 0 saturated carbocycles. The van der Waals surface area contributed by atoms with Crippen LogP contribution < -0.4 is 20.5 Å². The average molecular weight is 835 g/mol. The molecular formula is C54H34N2O2S2Si. The van der Waals surface area contributed by atoms with E-state index in [1.807, 2.05) is 36.0 Å². The Morgan fingerprint density at radius 1 is 0.426 bits per heavy atom. The second kappa shape index (κ2) is 13.0. The van der Waals surface area contributed by atoms with Crippen LogP contribution in [0.2, 0.25) is 0 Å². The number of benzene rings is 9. The molecule has 0 bridgehead atoms. The Labute approximate surface area is 359 Å². The predicted octanol–water partition coefficient (Wildman–Crippen LogP) is 11.4. The van der Waals surface area contributed by atoms with Gasteiger partial charge in [0.05, 0.1) is 32.2 Å². The summed E-state index contributed by atoms with van der Waals surface area (Å²) in [5.41, 5.74) is 13.2. The lowest BCUT2D eigenvalue weighted by molar-refractivity contribution is 0.598. The summed E-state index contributed by atoms with van der Waals surface area (Å²) in [6.45, 7) is 0. The van der Waals surface area contributed by atoms with Crippen LogP contribution in [0.15, 0.2) is 220 Å². The first-order valence-electron chi connectivity index (χ1n) is 20.5. The van der Waals surface area contributed by atoms with Crippen LogP contribution in [-0.4, -0.2) is 21.8 Å². The van der Waals surface area contributed by atoms with Gasteiger partial charge in [0.1, 0.15) is 8.80 Å². The first kappa shape index (κ1) is 34.9. The van der Waals surface area contributed by atoms with Gasteiger partial charge in [-0.3, -0.25) is 0 Å². The minimum atomic E-state index is -3.65. The number of hydrogen-bond acceptors (Lipinski definition) is 4. The smallest absolute Gasteiger partial charge is 0.207 e. The van der Waals surface area contributed by atoms with Crippen molar-refractivity contribution in [2.24, 2.45) is 0 Å². The molecule has 0 spiro atoms. The highest BCUT2D eigenvalue weighted by Crippen LogP contribution is 2.54. The lowest BCUT2D eigenvalue weighted by Crippen LogP contribution is -2.50. The summed E-state index contributed by atoms with van der Waals surface area (Å²) in [4.78, 5) is 5.62. The molecule has 0 N–H and O–H groups in total. The van der Waals surface area contributed by atoms with Crippen molar-refractivity contribution < 1.29 is 8.42 Å². The molecule has 3 aliphatic heterocycles. The highest BCUT2D eigenvalue weighted by atomic mass is 32.2. The Hall–Kier alpha value is -6.90. The van der Waals surface area contributed by atoms with Gasteiger partial charge in [-0.25, -0.2) is 8.42 Å². The first-order chi connectivity index (χ1) is 30.1. The van der Waals surface area contributed by atoms with Gasteiger partial charge in [0.15, 0.2) is 0 Å². The van der Waals surface area contributed by atoms with Gasteiger partial charge in [-0.2, -0.15) is 0 Å². The van der Waals surface area contributed by atoms with Crippen LogP contribution in [0.1, 0.15) is 0 Å². The number of sulfone groups is 1. The minimum Gasteiger partial charge on any atom is -0.309 e. The van der Waals surface area contributed by atoms with Crippen LogP contribution in [0.3, 0.4) is 0 Å². The molecule has 3 aliphatic rings. The van der Waals surface area contributed by atoms with Crippen molar-refractivity contribution in [3.05, 3.63) is 200 Å². The zero-order chi connectivity index (χ0) is 40.4. The monoisotopic (exact) mass is 834 g/mol. The van der Waals surface area contributed by atoms with E-state index >= 15 is 0 Å². The molecule has 0 amide bonds. The molecule has 9 aromatic carbocycles. The molecule has 1 atom stereocenters. The Kier molecular flexibility index (Phi) is 7.47. The summed E-state index contributed by atoms with van der Waals surface area (Å²) in [7, 11) is -5.88. The van der Waals surface area contributed by atoms with E-state index < -0.39 is 18.6 Å². The van der Waals surface area contributed by atoms with Crippen LogP contribution in [-0.2, 0) is 9.84 Å². The van der Waals surface area contributed by atoms with Gasteiger partial charge in [-0.15, -0.1) is 0 Å². The normalized spacial score (nSPS) is 15.2. The van der Waals surface area contributed by atoms with Crippen LogP contribution in [0.4, 0.5) is 17.1 Å². The van der Waals surface area contributed by atoms with Gasteiger partial charge >= 0.3 is 0 Å². The van der Waals surface area contributed by atoms with Gasteiger partial charge in [0.2, 0.25) is 9.84 Å². The number of aromatic nitrogens is 1. The summed E-state index contributed by atoms with van der Waals surface area (Å²) >= 11 is 1.84. The Balaban J connectivity index is 1.08. The number of para-hydroxylation sites is 3. The number of hydrogen-bond donors (Lipinski definition) is 0. The maximum Gasteiger partial charge on any atom is 0.207 e. The first-order valence-corrected chi connectivity index (χ1v) is 24.6. The standard InChI is InChI=1S/C54H34N2O2S2Si/c57-60(58)50-30-12-8-21-41(50)52-37(22-15-31-51(52)60)38-23-13-24-39-40-25-14-28-45(54(40)61(53(38)39)35-18-5-2-6-19-35)56-43-26-9-7-20-36(43)42-32-47-49(33-46(42)56)59-48-29-11-10-27-44(48)55(47)34-16-3-1-4-17-34/h1-33,61H. The van der Waals surface area contributed by atoms with Crippen molar-refractivity contribution in [2.75, 3.05) is 4.90 Å². The summed E-state index contributed by atoms with van der Waals surface area (Å²) in [6.07, 6.45) is 0. The fourth-order valence-electron chi connectivity index (χ4n) is 10.4. The van der Waals surface area contributed by atoms with Crippen molar-refractivity contribution in [3.63, 3.8) is 0 Å². The van der Waals surface area contributed by atoms with E-state index in [0.29, 0.717) is 9.79 Å². The average Bonchev–Trinajstić information content (AvgIpc) is 3.91. The molecule has 13 rings (SSSR count). The summed E-state index contributed by atoms with van der Waals surface area (Å²) in [5, 5.41) is 6.45. The summed E-state index contributed by atoms with van der Waals surface area (Å²) in [5.74, 6) is 0. The SMILES string of the molecule is O=S1(=O)c2ccccc2-c2c(-c3cccc4c3[SiH](c3ccccc3)c3c-4cccc3-n3c4ccccc4c4cc5c(cc43)Sc3ccccc3N5c3ccccc3)cccc21. The molecule has 0 radical (unpaired) electrons. The lowest BCUT2D eigenvalue weighted by Gasteiger charge is -2.33. The molecular weight excluding hydrogens is 801 g/mol. The maximum atomic E-state index is 14.0. The molecule has 1 unspecified atom stereocenters. The van der Waals surface area contributed by atoms with Crippen LogP contribution in [0.25, 0.3) is 60.9 Å². The molecule has 4 nitrogen and oxygen atoms in total. The molecule has 0 saturated heterocycles. The van der Waals surface area contributed by atoms with E-state index in [2.05, 4.69) is 173 Å². The van der Waals surface area contributed by atoms with Gasteiger partial charge < -0.3 is 9.47 Å². The second-order valence-corrected chi connectivity index (χ2v) is 21.6. The van der Waals surface area contributed by atoms with Gasteiger partial charge in [-0.1, -0.05) is 156 Å². The highest BCUT2D eigenvalue weighted by Gasteiger charge is 2.40. The third kappa shape index (κ3) is 4.91. The summed E-state index contributed by atoms with van der Waals surface area (Å²) in [6, 6.07) is 70.8. The Morgan fingerprint density at radius 3 is 1.89 bits per heavy atom. The van der Waals surface area contributed by atoms with Crippen LogP contribution in [0.5, 0.6) is 0 Å². The molecule has 61 heavy (non-hydrogen) atoms. The van der Waals surface area contributed by atoms with Crippen molar-refractivity contribution in [2.45, 2.75) is 19.6 Å². The third-order valence-electron chi connectivity index (χ3n) is 12.8. The lowest BCUT2D eigenvalue weighted by atomic mass is 9.92. The van der Waals surface area contributed by atoms with Crippen LogP contribution in [0, 0.1) is 0 Å². The van der Waals surface area contributed by atoms with E-state index in [0.717, 1.165) is 27.9 Å². The Morgan fingerprint density at radius 2 is 1.03 bits per heavy atom. The molecule has 288 valence electrons. The molecule has 7 heteroatoms. The number of rotatable bonds is 4. The van der Waals surface area contributed by atoms with Crippen LogP contribution >= 0.6 is 11.8 Å². The largest absolute Gasteiger partial charge is 0.309 e. The van der Waals surface area contributed by atoms with Gasteiger partial charge in [0.25, 0.3) is 0 Å². The quantitative estimate of drug-likeness (QED) is 0.166. The van der Waals surface area contributed by atoms with Crippen molar-refractivity contribution in [1.29, 1.82) is 0 Å². The van der Waals surface area contributed by atoms with E-state index in [9.17, 15) is 8.42 Å². The highest BCUT2D eigenvalue weighted by molar-refractivity contribution is 7.99. The maximum absolute atomic E-state index is 14.0. The van der Waals surface area contributed by atoms with Gasteiger partial charge in [-0.05, 0) is 93.3 Å².